The van der Waals surface area contributed by atoms with Crippen molar-refractivity contribution in [3.63, 3.8) is 0 Å². The summed E-state index contributed by atoms with van der Waals surface area (Å²) in [5.41, 5.74) is 4.12. The molecule has 0 N–H and O–H groups in total. The minimum absolute atomic E-state index is 0.697. The van der Waals surface area contributed by atoms with Gasteiger partial charge in [0.2, 0.25) is 0 Å². The number of aromatic nitrogens is 1. The lowest BCUT2D eigenvalue weighted by Crippen LogP contribution is -2.22. The molecule has 1 aromatic carbocycles. The quantitative estimate of drug-likeness (QED) is 0.677. The fourth-order valence-corrected chi connectivity index (χ4v) is 5.43. The van der Waals surface area contributed by atoms with Gasteiger partial charge in [0.05, 0.1) is 10.7 Å². The van der Waals surface area contributed by atoms with Gasteiger partial charge in [0.15, 0.2) is 0 Å². The average molecular weight is 282 g/mol. The van der Waals surface area contributed by atoms with Gasteiger partial charge in [0.1, 0.15) is 0 Å². The van der Waals surface area contributed by atoms with Crippen LogP contribution in [0, 0.1) is 0 Å². The summed E-state index contributed by atoms with van der Waals surface area (Å²) < 4.78 is 0. The van der Waals surface area contributed by atoms with Crippen molar-refractivity contribution < 1.29 is 0 Å². The van der Waals surface area contributed by atoms with Gasteiger partial charge in [-0.3, -0.25) is 4.90 Å². The number of benzene rings is 1. The Morgan fingerprint density at radius 2 is 2.20 bits per heavy atom. The van der Waals surface area contributed by atoms with E-state index in [-0.39, 0.29) is 0 Å². The Kier molecular flexibility index (Phi) is 2.38. The van der Waals surface area contributed by atoms with Crippen molar-refractivity contribution in [3.8, 4) is 11.3 Å². The molecule has 2 atom stereocenters. The summed E-state index contributed by atoms with van der Waals surface area (Å²) in [5, 5.41) is 1.40. The zero-order valence-corrected chi connectivity index (χ0v) is 12.3. The predicted octanol–water partition coefficient (Wildman–Crippen LogP) is 3.67. The molecule has 1 aromatic heterocycles. The lowest BCUT2D eigenvalue weighted by molar-refractivity contribution is 0.322. The van der Waals surface area contributed by atoms with Crippen LogP contribution in [0.2, 0.25) is 0 Å². The molecule has 1 aliphatic carbocycles. The summed E-state index contributed by atoms with van der Waals surface area (Å²) in [6.45, 7) is 2.56. The van der Waals surface area contributed by atoms with E-state index < -0.39 is 0 Å². The van der Waals surface area contributed by atoms with Gasteiger partial charge in [-0.15, -0.1) is 11.3 Å². The Hall–Kier alpha value is -1.19. The Labute approximate surface area is 123 Å². The molecule has 0 amide bonds. The lowest BCUT2D eigenvalue weighted by atomic mass is 10.0. The smallest absolute Gasteiger partial charge is 0.0979 e. The van der Waals surface area contributed by atoms with Gasteiger partial charge in [0.25, 0.3) is 0 Å². The lowest BCUT2D eigenvalue weighted by Gasteiger charge is -2.12. The number of nitrogens with zero attached hydrogens (tertiary/aromatic N) is 2. The van der Waals surface area contributed by atoms with Crippen molar-refractivity contribution in [2.45, 2.75) is 37.6 Å². The van der Waals surface area contributed by atoms with Gasteiger partial charge in [-0.2, -0.15) is 0 Å². The first kappa shape index (κ1) is 11.5. The number of hydrogen-bond acceptors (Lipinski definition) is 3. The van der Waals surface area contributed by atoms with Crippen LogP contribution in [0.5, 0.6) is 0 Å². The first-order chi connectivity index (χ1) is 9.88. The van der Waals surface area contributed by atoms with E-state index in [9.17, 15) is 0 Å². The van der Waals surface area contributed by atoms with E-state index in [1.165, 1.54) is 59.1 Å². The minimum atomic E-state index is 0.697. The highest BCUT2D eigenvalue weighted by Gasteiger charge is 2.37. The average Bonchev–Trinajstić information content (AvgIpc) is 3.16. The second-order valence-electron chi connectivity index (χ2n) is 6.38. The maximum atomic E-state index is 5.03. The molecule has 2 nitrogen and oxygen atoms in total. The van der Waals surface area contributed by atoms with Gasteiger partial charge < -0.3 is 0 Å². The molecule has 20 heavy (non-hydrogen) atoms. The molecule has 0 unspecified atom stereocenters. The first-order valence-corrected chi connectivity index (χ1v) is 8.52. The molecule has 3 aliphatic rings. The molecule has 3 heterocycles. The topological polar surface area (TPSA) is 16.1 Å². The van der Waals surface area contributed by atoms with Crippen LogP contribution in [0.1, 0.15) is 40.6 Å². The predicted molar refractivity (Wildman–Crippen MR) is 82.3 cm³/mol. The highest BCUT2D eigenvalue weighted by atomic mass is 32.1. The minimum Gasteiger partial charge on any atom is -0.300 e. The Balaban J connectivity index is 1.48. The fraction of sp³-hybridized carbons (Fsp3) is 0.471. The molecule has 3 heteroatoms. The van der Waals surface area contributed by atoms with E-state index >= 15 is 0 Å². The number of thiazole rings is 1. The van der Waals surface area contributed by atoms with Crippen molar-refractivity contribution in [1.29, 1.82) is 0 Å². The second kappa shape index (κ2) is 4.15. The summed E-state index contributed by atoms with van der Waals surface area (Å²) in [6, 6.07) is 9.61. The van der Waals surface area contributed by atoms with Crippen molar-refractivity contribution in [2.24, 2.45) is 0 Å². The third kappa shape index (κ3) is 1.57. The normalized spacial score (nSPS) is 27.6. The highest BCUT2D eigenvalue weighted by Crippen LogP contribution is 2.44. The molecule has 0 saturated carbocycles. The summed E-state index contributed by atoms with van der Waals surface area (Å²) >= 11 is 1.98. The van der Waals surface area contributed by atoms with Gasteiger partial charge in [-0.05, 0) is 31.4 Å². The summed E-state index contributed by atoms with van der Waals surface area (Å²) in [7, 11) is 0. The standard InChI is InChI=1S/C17H18N2S/c1-2-6-14-11(4-1)9-15-16(14)18-17(20-15)12-8-13-5-3-7-19(13)10-12/h1-2,4,6,12-13H,3,5,7-10H2/t12-,13-/m1/s1. The number of fused-ring (bicyclic) bond motifs is 4. The third-order valence-corrected chi connectivity index (χ3v) is 6.42. The van der Waals surface area contributed by atoms with E-state index in [2.05, 4.69) is 29.2 Å². The van der Waals surface area contributed by atoms with Crippen LogP contribution in [0.25, 0.3) is 11.3 Å². The molecule has 0 radical (unpaired) electrons. The van der Waals surface area contributed by atoms with Gasteiger partial charge >= 0.3 is 0 Å². The Morgan fingerprint density at radius 3 is 3.15 bits per heavy atom. The van der Waals surface area contributed by atoms with Gasteiger partial charge in [-0.1, -0.05) is 24.3 Å². The molecule has 102 valence electrons. The maximum absolute atomic E-state index is 5.03. The van der Waals surface area contributed by atoms with E-state index in [1.54, 1.807) is 0 Å². The van der Waals surface area contributed by atoms with Crippen LogP contribution in [0.3, 0.4) is 0 Å². The first-order valence-electron chi connectivity index (χ1n) is 7.70. The summed E-state index contributed by atoms with van der Waals surface area (Å²) in [6.07, 6.45) is 5.25. The molecule has 0 bridgehead atoms. The van der Waals surface area contributed by atoms with Crippen LogP contribution in [-0.4, -0.2) is 29.0 Å². The largest absolute Gasteiger partial charge is 0.300 e. The molecule has 2 aromatic rings. The van der Waals surface area contributed by atoms with Crippen molar-refractivity contribution in [3.05, 3.63) is 39.7 Å². The van der Waals surface area contributed by atoms with Crippen LogP contribution < -0.4 is 0 Å². The van der Waals surface area contributed by atoms with Crippen LogP contribution in [0.4, 0.5) is 0 Å². The van der Waals surface area contributed by atoms with E-state index in [1.807, 2.05) is 11.3 Å². The summed E-state index contributed by atoms with van der Waals surface area (Å²) in [4.78, 5) is 9.21. The maximum Gasteiger partial charge on any atom is 0.0979 e. The van der Waals surface area contributed by atoms with E-state index in [0.717, 1.165) is 12.5 Å². The molecular weight excluding hydrogens is 264 g/mol. The SMILES string of the molecule is c1ccc2c(c1)Cc1sc([C@@H]3C[C@H]4CCCN4C3)nc1-2. The molecule has 0 spiro atoms. The Morgan fingerprint density at radius 1 is 1.25 bits per heavy atom. The second-order valence-corrected chi connectivity index (χ2v) is 7.50. The van der Waals surface area contributed by atoms with Crippen LogP contribution in [0.15, 0.2) is 24.3 Å². The van der Waals surface area contributed by atoms with Crippen LogP contribution >= 0.6 is 11.3 Å². The highest BCUT2D eigenvalue weighted by molar-refractivity contribution is 7.12. The van der Waals surface area contributed by atoms with Crippen molar-refractivity contribution in [2.75, 3.05) is 13.1 Å². The summed E-state index contributed by atoms with van der Waals surface area (Å²) in [5.74, 6) is 0.697. The number of rotatable bonds is 1. The number of hydrogen-bond donors (Lipinski definition) is 0. The van der Waals surface area contributed by atoms with Gasteiger partial charge in [0, 0.05) is 35.4 Å². The molecule has 2 saturated heterocycles. The monoisotopic (exact) mass is 282 g/mol. The Bertz CT molecular complexity index is 663. The molecule has 2 aliphatic heterocycles. The fourth-order valence-electron chi connectivity index (χ4n) is 4.22. The van der Waals surface area contributed by atoms with E-state index in [0.29, 0.717) is 5.92 Å². The van der Waals surface area contributed by atoms with Crippen LogP contribution in [-0.2, 0) is 6.42 Å². The van der Waals surface area contributed by atoms with Crippen molar-refractivity contribution >= 4 is 11.3 Å². The molecule has 2 fully saturated rings. The third-order valence-electron chi connectivity index (χ3n) is 5.20. The van der Waals surface area contributed by atoms with Crippen molar-refractivity contribution in [1.82, 2.24) is 9.88 Å². The van der Waals surface area contributed by atoms with E-state index in [4.69, 9.17) is 4.98 Å². The molecule has 5 rings (SSSR count). The molecular formula is C17H18N2S. The zero-order valence-electron chi connectivity index (χ0n) is 11.5. The zero-order chi connectivity index (χ0) is 13.1. The van der Waals surface area contributed by atoms with Gasteiger partial charge in [-0.25, -0.2) is 4.98 Å².